The summed E-state index contributed by atoms with van der Waals surface area (Å²) in [6.07, 6.45) is 0. The lowest BCUT2D eigenvalue weighted by Gasteiger charge is -2.11. The van der Waals surface area contributed by atoms with Crippen molar-refractivity contribution in [1.29, 1.82) is 0 Å². The van der Waals surface area contributed by atoms with Crippen LogP contribution < -0.4 is 10.1 Å². The molecule has 0 aliphatic rings. The highest BCUT2D eigenvalue weighted by atomic mass is 16.6. The molecule has 0 aliphatic carbocycles. The average molecular weight is 487 g/mol. The number of anilines is 1. The van der Waals surface area contributed by atoms with Crippen molar-refractivity contribution >= 4 is 45.1 Å². The second-order valence-electron chi connectivity index (χ2n) is 7.42. The molecule has 2 N–H and O–H groups in total. The van der Waals surface area contributed by atoms with E-state index in [2.05, 4.69) is 15.5 Å². The number of azo groups is 1. The zero-order valence-corrected chi connectivity index (χ0v) is 18.6. The predicted molar refractivity (Wildman–Crippen MR) is 130 cm³/mol. The molecule has 12 nitrogen and oxygen atoms in total. The molecule has 36 heavy (non-hydrogen) atoms. The summed E-state index contributed by atoms with van der Waals surface area (Å²) in [6.45, 7) is 0. The zero-order valence-electron chi connectivity index (χ0n) is 18.6. The van der Waals surface area contributed by atoms with E-state index in [1.165, 1.54) is 55.6 Å². The van der Waals surface area contributed by atoms with Gasteiger partial charge in [-0.3, -0.25) is 25.0 Å². The monoisotopic (exact) mass is 487 g/mol. The molecule has 0 aliphatic heterocycles. The van der Waals surface area contributed by atoms with Crippen molar-refractivity contribution < 1.29 is 24.5 Å². The summed E-state index contributed by atoms with van der Waals surface area (Å²) in [7, 11) is 1.37. The number of nitrogens with zero attached hydrogens (tertiary/aromatic N) is 4. The summed E-state index contributed by atoms with van der Waals surface area (Å²) >= 11 is 0. The Morgan fingerprint density at radius 1 is 0.944 bits per heavy atom. The Kier molecular flexibility index (Phi) is 6.50. The van der Waals surface area contributed by atoms with Crippen LogP contribution in [0.2, 0.25) is 0 Å². The number of amides is 1. The van der Waals surface area contributed by atoms with Gasteiger partial charge in [-0.1, -0.05) is 30.3 Å². The van der Waals surface area contributed by atoms with Crippen molar-refractivity contribution in [3.05, 3.63) is 98.6 Å². The highest BCUT2D eigenvalue weighted by Gasteiger charge is 2.20. The average Bonchev–Trinajstić information content (AvgIpc) is 2.87. The molecule has 0 saturated heterocycles. The number of hydrogen-bond donors (Lipinski definition) is 2. The molecule has 0 atom stereocenters. The van der Waals surface area contributed by atoms with Crippen molar-refractivity contribution in [2.75, 3.05) is 12.4 Å². The summed E-state index contributed by atoms with van der Waals surface area (Å²) in [6, 6.07) is 17.5. The first-order valence-corrected chi connectivity index (χ1v) is 10.3. The molecular weight excluding hydrogens is 470 g/mol. The van der Waals surface area contributed by atoms with Gasteiger partial charge in [-0.2, -0.15) is 0 Å². The molecular formula is C24H17N5O7. The van der Waals surface area contributed by atoms with E-state index in [0.29, 0.717) is 10.8 Å². The Bertz CT molecular complexity index is 1550. The second kappa shape index (κ2) is 9.85. The van der Waals surface area contributed by atoms with Crippen LogP contribution in [0.1, 0.15) is 10.4 Å². The summed E-state index contributed by atoms with van der Waals surface area (Å²) in [5.74, 6) is -1.00. The number of ether oxygens (including phenoxy) is 1. The molecule has 4 aromatic carbocycles. The molecule has 0 unspecified atom stereocenters. The Labute approximate surface area is 202 Å². The van der Waals surface area contributed by atoms with Crippen molar-refractivity contribution in [3.63, 3.8) is 0 Å². The Morgan fingerprint density at radius 2 is 1.72 bits per heavy atom. The number of phenolic OH excluding ortho intramolecular Hbond substituents is 1. The maximum absolute atomic E-state index is 13.0. The highest BCUT2D eigenvalue weighted by molar-refractivity contribution is 6.11. The predicted octanol–water partition coefficient (Wildman–Crippen LogP) is 6.04. The van der Waals surface area contributed by atoms with Gasteiger partial charge >= 0.3 is 0 Å². The van der Waals surface area contributed by atoms with Crippen LogP contribution in [0.15, 0.2) is 83.0 Å². The number of hydrogen-bond acceptors (Lipinski definition) is 9. The maximum Gasteiger partial charge on any atom is 0.300 e. The molecule has 12 heteroatoms. The second-order valence-corrected chi connectivity index (χ2v) is 7.42. The van der Waals surface area contributed by atoms with Crippen molar-refractivity contribution in [3.8, 4) is 11.5 Å². The molecule has 0 spiro atoms. The fraction of sp³-hybridized carbons (Fsp3) is 0.0417. The van der Waals surface area contributed by atoms with Crippen molar-refractivity contribution in [1.82, 2.24) is 0 Å². The third kappa shape index (κ3) is 4.77. The van der Waals surface area contributed by atoms with Gasteiger partial charge in [0.25, 0.3) is 17.3 Å². The van der Waals surface area contributed by atoms with Gasteiger partial charge in [0.1, 0.15) is 11.4 Å². The largest absolute Gasteiger partial charge is 0.505 e. The molecule has 0 heterocycles. The first kappa shape index (κ1) is 23.8. The van der Waals surface area contributed by atoms with Gasteiger partial charge in [0, 0.05) is 23.2 Å². The van der Waals surface area contributed by atoms with E-state index in [1.807, 2.05) is 0 Å². The smallest absolute Gasteiger partial charge is 0.300 e. The zero-order chi connectivity index (χ0) is 25.8. The number of benzene rings is 4. The number of methoxy groups -OCH3 is 1. The van der Waals surface area contributed by atoms with Crippen LogP contribution in [0, 0.1) is 20.2 Å². The first-order chi connectivity index (χ1) is 17.3. The SMILES string of the molecule is COc1ccc(N=Nc2c(O)c(C(=O)Nc3cccc([N+](=O)[O-])c3)cc3ccccc23)c([N+](=O)[O-])c1. The number of carbonyl (C=O) groups is 1. The van der Waals surface area contributed by atoms with E-state index >= 15 is 0 Å². The van der Waals surface area contributed by atoms with Gasteiger partial charge in [0.2, 0.25) is 0 Å². The van der Waals surface area contributed by atoms with E-state index < -0.39 is 21.5 Å². The van der Waals surface area contributed by atoms with Gasteiger partial charge in [-0.05, 0) is 29.7 Å². The summed E-state index contributed by atoms with van der Waals surface area (Å²) in [4.78, 5) is 34.2. The van der Waals surface area contributed by atoms with Crippen LogP contribution in [0.4, 0.5) is 28.4 Å². The Morgan fingerprint density at radius 3 is 2.44 bits per heavy atom. The highest BCUT2D eigenvalue weighted by Crippen LogP contribution is 2.41. The van der Waals surface area contributed by atoms with Crippen LogP contribution in [0.5, 0.6) is 11.5 Å². The Hall–Kier alpha value is -5.39. The van der Waals surface area contributed by atoms with E-state index in [-0.39, 0.29) is 39.7 Å². The lowest BCUT2D eigenvalue weighted by Crippen LogP contribution is -2.12. The molecule has 180 valence electrons. The van der Waals surface area contributed by atoms with Gasteiger partial charge in [0.15, 0.2) is 11.4 Å². The van der Waals surface area contributed by atoms with E-state index in [9.17, 15) is 30.1 Å². The lowest BCUT2D eigenvalue weighted by molar-refractivity contribution is -0.384. The van der Waals surface area contributed by atoms with E-state index in [4.69, 9.17) is 4.74 Å². The molecule has 0 fully saturated rings. The number of nitrogens with one attached hydrogen (secondary N) is 1. The number of aromatic hydroxyl groups is 1. The van der Waals surface area contributed by atoms with Crippen LogP contribution >= 0.6 is 0 Å². The number of nitro benzene ring substituents is 2. The quantitative estimate of drug-likeness (QED) is 0.182. The van der Waals surface area contributed by atoms with Crippen molar-refractivity contribution in [2.24, 2.45) is 10.2 Å². The minimum Gasteiger partial charge on any atom is -0.505 e. The first-order valence-electron chi connectivity index (χ1n) is 10.3. The van der Waals surface area contributed by atoms with Crippen LogP contribution in [0.3, 0.4) is 0 Å². The van der Waals surface area contributed by atoms with Crippen molar-refractivity contribution in [2.45, 2.75) is 0 Å². The summed E-state index contributed by atoms with van der Waals surface area (Å²) in [5.41, 5.74) is -0.761. The van der Waals surface area contributed by atoms with Gasteiger partial charge in [-0.25, -0.2) is 0 Å². The van der Waals surface area contributed by atoms with E-state index in [1.54, 1.807) is 24.3 Å². The summed E-state index contributed by atoms with van der Waals surface area (Å²) in [5, 5.41) is 44.9. The molecule has 0 radical (unpaired) electrons. The summed E-state index contributed by atoms with van der Waals surface area (Å²) < 4.78 is 5.01. The van der Waals surface area contributed by atoms with Crippen LogP contribution in [-0.4, -0.2) is 28.0 Å². The topological polar surface area (TPSA) is 170 Å². The number of fused-ring (bicyclic) bond motifs is 1. The van der Waals surface area contributed by atoms with E-state index in [0.717, 1.165) is 0 Å². The number of non-ortho nitro benzene ring substituents is 1. The fourth-order valence-electron chi connectivity index (χ4n) is 3.45. The molecule has 0 saturated carbocycles. The number of carbonyl (C=O) groups excluding carboxylic acids is 1. The van der Waals surface area contributed by atoms with Gasteiger partial charge < -0.3 is 15.2 Å². The normalized spacial score (nSPS) is 10.9. The third-order valence-electron chi connectivity index (χ3n) is 5.19. The number of rotatable bonds is 7. The van der Waals surface area contributed by atoms with Crippen LogP contribution in [0.25, 0.3) is 10.8 Å². The van der Waals surface area contributed by atoms with Crippen LogP contribution in [-0.2, 0) is 0 Å². The molecule has 0 aromatic heterocycles. The van der Waals surface area contributed by atoms with Gasteiger partial charge in [-0.15, -0.1) is 10.2 Å². The molecule has 4 rings (SSSR count). The minimum atomic E-state index is -0.745. The fourth-order valence-corrected chi connectivity index (χ4v) is 3.45. The molecule has 0 bridgehead atoms. The third-order valence-corrected chi connectivity index (χ3v) is 5.19. The molecule has 1 amide bonds. The number of phenols is 1. The molecule has 4 aromatic rings. The lowest BCUT2D eigenvalue weighted by atomic mass is 10.0. The standard InChI is InChI=1S/C24H17N5O7/c1-36-17-9-10-20(21(13-17)29(34)35)26-27-22-18-8-3-2-5-14(18)11-19(23(22)30)24(31)25-15-6-4-7-16(12-15)28(32)33/h2-13,30H,1H3,(H,25,31). The minimum absolute atomic E-state index is 0.0811. The van der Waals surface area contributed by atoms with Gasteiger partial charge in [0.05, 0.1) is 28.6 Å². The Balaban J connectivity index is 1.78. The number of nitro groups is 2. The maximum atomic E-state index is 13.0.